The molecule has 1 aliphatic carbocycles. The molecule has 1 aromatic carbocycles. The van der Waals surface area contributed by atoms with Crippen molar-refractivity contribution >= 4 is 44.4 Å². The number of H-pyrrole nitrogens is 1. The van der Waals surface area contributed by atoms with Gasteiger partial charge in [0.15, 0.2) is 12.3 Å². The van der Waals surface area contributed by atoms with Gasteiger partial charge in [0.05, 0.1) is 5.39 Å². The Morgan fingerprint density at radius 1 is 1.20 bits per heavy atom. The van der Waals surface area contributed by atoms with Gasteiger partial charge in [-0.2, -0.15) is 5.10 Å². The molecule has 3 aromatic rings. The summed E-state index contributed by atoms with van der Waals surface area (Å²) in [5, 5.41) is 10.9. The van der Waals surface area contributed by atoms with E-state index in [0.717, 1.165) is 66.2 Å². The molecule has 1 amide bonds. The van der Waals surface area contributed by atoms with Crippen LogP contribution in [-0.4, -0.2) is 64.9 Å². The van der Waals surface area contributed by atoms with E-state index in [1.165, 1.54) is 0 Å². The molecule has 1 saturated heterocycles. The summed E-state index contributed by atoms with van der Waals surface area (Å²) in [6.45, 7) is 3.42. The summed E-state index contributed by atoms with van der Waals surface area (Å²) >= 11 is 3.48. The number of amides is 1. The van der Waals surface area contributed by atoms with E-state index in [0.29, 0.717) is 11.8 Å². The molecule has 1 aliphatic heterocycles. The van der Waals surface area contributed by atoms with Gasteiger partial charge in [-0.25, -0.2) is 9.97 Å². The van der Waals surface area contributed by atoms with E-state index < -0.39 is 0 Å². The molecule has 5 rings (SSSR count). The number of carbonyl (C=O) groups is 1. The highest BCUT2D eigenvalue weighted by molar-refractivity contribution is 9.10. The Hall–Kier alpha value is -2.88. The lowest BCUT2D eigenvalue weighted by atomic mass is 10.2. The molecule has 0 radical (unpaired) electrons. The summed E-state index contributed by atoms with van der Waals surface area (Å²) in [5.74, 6) is 1.54. The number of rotatable bonds is 6. The standard InChI is InChI=1S/C20H22BrN7O2/c21-18-17-19(26-25-18)22-12-23-20(17)28-8-6-27(7-9-28)14-2-1-3-15(10-14)30-11-16(29)24-13-4-5-13/h1-3,10,12-13H,4-9,11H2,(H,24,29)(H,22,23,25,26). The molecular weight excluding hydrogens is 450 g/mol. The topological polar surface area (TPSA) is 99.3 Å². The zero-order valence-corrected chi connectivity index (χ0v) is 17.9. The molecule has 2 fully saturated rings. The predicted octanol–water partition coefficient (Wildman–Crippen LogP) is 2.10. The maximum atomic E-state index is 11.8. The van der Waals surface area contributed by atoms with Crippen molar-refractivity contribution in [1.82, 2.24) is 25.5 Å². The molecule has 1 saturated carbocycles. The lowest BCUT2D eigenvalue weighted by molar-refractivity contribution is -0.123. The van der Waals surface area contributed by atoms with Crippen LogP contribution in [0.4, 0.5) is 11.5 Å². The van der Waals surface area contributed by atoms with Crippen molar-refractivity contribution in [1.29, 1.82) is 0 Å². The van der Waals surface area contributed by atoms with E-state index in [1.54, 1.807) is 6.33 Å². The van der Waals surface area contributed by atoms with Gasteiger partial charge in [-0.1, -0.05) is 6.07 Å². The van der Waals surface area contributed by atoms with Crippen LogP contribution in [0.5, 0.6) is 5.75 Å². The minimum Gasteiger partial charge on any atom is -0.484 e. The number of carbonyl (C=O) groups excluding carboxylic acids is 1. The number of hydrogen-bond acceptors (Lipinski definition) is 7. The van der Waals surface area contributed by atoms with Gasteiger partial charge in [0.1, 0.15) is 22.5 Å². The van der Waals surface area contributed by atoms with Crippen LogP contribution in [-0.2, 0) is 4.79 Å². The number of ether oxygens (including phenoxy) is 1. The Kier molecular flexibility index (Phi) is 5.16. The minimum atomic E-state index is -0.0573. The van der Waals surface area contributed by atoms with Crippen molar-refractivity contribution in [2.24, 2.45) is 0 Å². The van der Waals surface area contributed by atoms with Crippen LogP contribution in [0, 0.1) is 0 Å². The van der Waals surface area contributed by atoms with Gasteiger partial charge in [0, 0.05) is 44.0 Å². The van der Waals surface area contributed by atoms with Gasteiger partial charge >= 0.3 is 0 Å². The van der Waals surface area contributed by atoms with Crippen molar-refractivity contribution in [2.75, 3.05) is 42.6 Å². The van der Waals surface area contributed by atoms with E-state index >= 15 is 0 Å². The van der Waals surface area contributed by atoms with Crippen LogP contribution in [0.3, 0.4) is 0 Å². The number of fused-ring (bicyclic) bond motifs is 1. The molecule has 0 unspecified atom stereocenters. The summed E-state index contributed by atoms with van der Waals surface area (Å²) in [7, 11) is 0. The Labute approximate surface area is 181 Å². The highest BCUT2D eigenvalue weighted by Crippen LogP contribution is 2.30. The van der Waals surface area contributed by atoms with Gasteiger partial charge in [0.25, 0.3) is 5.91 Å². The normalized spacial score (nSPS) is 16.7. The zero-order chi connectivity index (χ0) is 20.5. The number of aromatic nitrogens is 4. The first kappa shape index (κ1) is 19.1. The Morgan fingerprint density at radius 3 is 2.80 bits per heavy atom. The number of piperazine rings is 1. The molecule has 2 N–H and O–H groups in total. The number of nitrogens with one attached hydrogen (secondary N) is 2. The van der Waals surface area contributed by atoms with Gasteiger partial charge in [-0.15, -0.1) is 0 Å². The van der Waals surface area contributed by atoms with Crippen LogP contribution in [0.15, 0.2) is 35.2 Å². The number of anilines is 2. The van der Waals surface area contributed by atoms with Crippen LogP contribution in [0.2, 0.25) is 0 Å². The summed E-state index contributed by atoms with van der Waals surface area (Å²) in [4.78, 5) is 25.1. The summed E-state index contributed by atoms with van der Waals surface area (Å²) in [6.07, 6.45) is 3.71. The van der Waals surface area contributed by atoms with E-state index in [1.807, 2.05) is 18.2 Å². The van der Waals surface area contributed by atoms with Gasteiger partial charge in [0.2, 0.25) is 0 Å². The Morgan fingerprint density at radius 2 is 2.00 bits per heavy atom. The molecule has 2 aliphatic rings. The fraction of sp³-hybridized carbons (Fsp3) is 0.400. The highest BCUT2D eigenvalue weighted by Gasteiger charge is 2.24. The highest BCUT2D eigenvalue weighted by atomic mass is 79.9. The smallest absolute Gasteiger partial charge is 0.258 e. The average Bonchev–Trinajstić information content (AvgIpc) is 3.52. The van der Waals surface area contributed by atoms with Crippen molar-refractivity contribution in [3.63, 3.8) is 0 Å². The fourth-order valence-electron chi connectivity index (χ4n) is 3.64. The van der Waals surface area contributed by atoms with Crippen molar-refractivity contribution in [2.45, 2.75) is 18.9 Å². The molecule has 3 heterocycles. The minimum absolute atomic E-state index is 0.0526. The van der Waals surface area contributed by atoms with Crippen LogP contribution < -0.4 is 19.9 Å². The number of benzene rings is 1. The van der Waals surface area contributed by atoms with Crippen molar-refractivity contribution in [3.8, 4) is 5.75 Å². The largest absolute Gasteiger partial charge is 0.484 e. The fourth-order valence-corrected chi connectivity index (χ4v) is 4.09. The van der Waals surface area contributed by atoms with E-state index in [9.17, 15) is 4.79 Å². The molecule has 2 aromatic heterocycles. The third-order valence-electron chi connectivity index (χ3n) is 5.37. The molecule has 0 bridgehead atoms. The summed E-state index contributed by atoms with van der Waals surface area (Å²) in [5.41, 5.74) is 1.82. The number of aromatic amines is 1. The van der Waals surface area contributed by atoms with E-state index in [2.05, 4.69) is 57.3 Å². The molecule has 9 nitrogen and oxygen atoms in total. The SMILES string of the molecule is O=C(COc1cccc(N2CCN(c3ncnc4[nH]nc(Br)c34)CC2)c1)NC1CC1. The number of halogens is 1. The van der Waals surface area contributed by atoms with Gasteiger partial charge < -0.3 is 19.9 Å². The predicted molar refractivity (Wildman–Crippen MR) is 117 cm³/mol. The molecule has 0 atom stereocenters. The second-order valence-corrected chi connectivity index (χ2v) is 8.29. The first-order valence-electron chi connectivity index (χ1n) is 10.0. The molecule has 0 spiro atoms. The van der Waals surface area contributed by atoms with Crippen molar-refractivity contribution < 1.29 is 9.53 Å². The first-order valence-corrected chi connectivity index (χ1v) is 10.8. The molecule has 156 valence electrons. The summed E-state index contributed by atoms with van der Waals surface area (Å²) in [6, 6.07) is 8.27. The second-order valence-electron chi connectivity index (χ2n) is 7.54. The molecule has 10 heteroatoms. The molecular formula is C20H22BrN7O2. The zero-order valence-electron chi connectivity index (χ0n) is 16.3. The maximum Gasteiger partial charge on any atom is 0.258 e. The van der Waals surface area contributed by atoms with Gasteiger partial charge in [-0.3, -0.25) is 9.89 Å². The van der Waals surface area contributed by atoms with E-state index in [-0.39, 0.29) is 12.5 Å². The van der Waals surface area contributed by atoms with E-state index in [4.69, 9.17) is 4.74 Å². The van der Waals surface area contributed by atoms with Crippen LogP contribution >= 0.6 is 15.9 Å². The van der Waals surface area contributed by atoms with Crippen LogP contribution in [0.1, 0.15) is 12.8 Å². The Balaban J connectivity index is 1.22. The average molecular weight is 472 g/mol. The summed E-state index contributed by atoms with van der Waals surface area (Å²) < 4.78 is 6.42. The first-order chi connectivity index (χ1) is 14.7. The quantitative estimate of drug-likeness (QED) is 0.567. The number of hydrogen-bond donors (Lipinski definition) is 2. The molecule has 30 heavy (non-hydrogen) atoms. The number of nitrogens with zero attached hydrogens (tertiary/aromatic N) is 5. The third-order valence-corrected chi connectivity index (χ3v) is 5.94. The van der Waals surface area contributed by atoms with Crippen molar-refractivity contribution in [3.05, 3.63) is 35.2 Å². The third kappa shape index (κ3) is 4.04. The lowest BCUT2D eigenvalue weighted by Gasteiger charge is -2.37. The maximum absolute atomic E-state index is 11.8. The van der Waals surface area contributed by atoms with Gasteiger partial charge in [-0.05, 0) is 40.9 Å². The lowest BCUT2D eigenvalue weighted by Crippen LogP contribution is -2.46. The second kappa shape index (κ2) is 8.10. The van der Waals surface area contributed by atoms with Crippen LogP contribution in [0.25, 0.3) is 11.0 Å². The Bertz CT molecular complexity index is 1060. The monoisotopic (exact) mass is 471 g/mol.